The molecule has 3 nitrogen and oxygen atoms in total. The van der Waals surface area contributed by atoms with Gasteiger partial charge < -0.3 is 5.32 Å². The number of terminal acetylenes is 1. The van der Waals surface area contributed by atoms with Crippen LogP contribution in [0.3, 0.4) is 0 Å². The monoisotopic (exact) mass is 231 g/mol. The minimum Gasteiger partial charge on any atom is -0.305 e. The summed E-state index contributed by atoms with van der Waals surface area (Å²) in [6.45, 7) is 7.80. The van der Waals surface area contributed by atoms with E-state index in [1.807, 2.05) is 18.3 Å². The lowest BCUT2D eigenvalue weighted by molar-refractivity contribution is 0.205. The fourth-order valence-corrected chi connectivity index (χ4v) is 1.76. The highest BCUT2D eigenvalue weighted by Gasteiger charge is 2.12. The van der Waals surface area contributed by atoms with Gasteiger partial charge in [-0.3, -0.25) is 9.88 Å². The molecule has 0 radical (unpaired) electrons. The Hall–Kier alpha value is -1.37. The van der Waals surface area contributed by atoms with Crippen molar-refractivity contribution in [1.29, 1.82) is 0 Å². The van der Waals surface area contributed by atoms with E-state index in [0.717, 1.165) is 25.3 Å². The molecule has 1 aromatic rings. The smallest absolute Gasteiger partial charge is 0.0574 e. The zero-order chi connectivity index (χ0) is 12.5. The molecule has 0 fully saturated rings. The molecule has 0 saturated carbocycles. The molecule has 17 heavy (non-hydrogen) atoms. The first-order valence-corrected chi connectivity index (χ1v) is 6.06. The molecule has 1 heterocycles. The summed E-state index contributed by atoms with van der Waals surface area (Å²) in [5, 5.41) is 3.24. The van der Waals surface area contributed by atoms with Gasteiger partial charge in [0.1, 0.15) is 0 Å². The molecule has 92 valence electrons. The molecule has 0 bridgehead atoms. The van der Waals surface area contributed by atoms with E-state index in [2.05, 4.69) is 41.0 Å². The second-order valence-electron chi connectivity index (χ2n) is 4.07. The predicted molar refractivity (Wildman–Crippen MR) is 71.5 cm³/mol. The molecule has 1 N–H and O–H groups in total. The van der Waals surface area contributed by atoms with Gasteiger partial charge in [-0.2, -0.15) is 0 Å². The zero-order valence-electron chi connectivity index (χ0n) is 10.7. The minimum atomic E-state index is 0.454. The second-order valence-corrected chi connectivity index (χ2v) is 4.07. The van der Waals surface area contributed by atoms with Gasteiger partial charge in [0.25, 0.3) is 0 Å². The van der Waals surface area contributed by atoms with Crippen LogP contribution in [0.2, 0.25) is 0 Å². The van der Waals surface area contributed by atoms with Crippen LogP contribution in [0.1, 0.15) is 19.5 Å². The summed E-state index contributed by atoms with van der Waals surface area (Å²) in [6.07, 6.45) is 7.05. The second kappa shape index (κ2) is 7.83. The van der Waals surface area contributed by atoms with E-state index in [-0.39, 0.29) is 0 Å². The summed E-state index contributed by atoms with van der Waals surface area (Å²) >= 11 is 0. The lowest BCUT2D eigenvalue weighted by atomic mass is 10.2. The highest BCUT2D eigenvalue weighted by Crippen LogP contribution is 2.05. The summed E-state index contributed by atoms with van der Waals surface area (Å²) in [4.78, 5) is 6.73. The molecule has 1 rings (SSSR count). The number of nitrogens with one attached hydrogen (secondary N) is 1. The Bertz CT molecular complexity index is 342. The number of hydrogen-bond donors (Lipinski definition) is 1. The number of pyridine rings is 1. The van der Waals surface area contributed by atoms with Crippen LogP contribution in [0.25, 0.3) is 0 Å². The third-order valence-corrected chi connectivity index (χ3v) is 2.79. The number of likely N-dealkylation sites (N-methyl/N-ethyl adjacent to an activating group) is 1. The van der Waals surface area contributed by atoms with Gasteiger partial charge in [-0.15, -0.1) is 6.42 Å². The molecule has 0 aliphatic heterocycles. The number of rotatable bonds is 7. The van der Waals surface area contributed by atoms with Crippen LogP contribution in [0, 0.1) is 12.3 Å². The quantitative estimate of drug-likeness (QED) is 0.569. The average molecular weight is 231 g/mol. The van der Waals surface area contributed by atoms with Crippen LogP contribution in [0.4, 0.5) is 0 Å². The van der Waals surface area contributed by atoms with Crippen molar-refractivity contribution in [2.24, 2.45) is 0 Å². The maximum absolute atomic E-state index is 5.21. The van der Waals surface area contributed by atoms with Crippen molar-refractivity contribution >= 4 is 0 Å². The highest BCUT2D eigenvalue weighted by molar-refractivity contribution is 5.03. The van der Waals surface area contributed by atoms with Crippen LogP contribution in [0.15, 0.2) is 24.4 Å². The third kappa shape index (κ3) is 4.99. The summed E-state index contributed by atoms with van der Waals surface area (Å²) < 4.78 is 0. The van der Waals surface area contributed by atoms with Crippen molar-refractivity contribution in [2.45, 2.75) is 26.4 Å². The molecule has 0 amide bonds. The fourth-order valence-electron chi connectivity index (χ4n) is 1.76. The lowest BCUT2D eigenvalue weighted by Gasteiger charge is -2.27. The first-order chi connectivity index (χ1) is 8.27. The van der Waals surface area contributed by atoms with Crippen molar-refractivity contribution in [2.75, 3.05) is 19.6 Å². The van der Waals surface area contributed by atoms with Gasteiger partial charge in [0, 0.05) is 25.3 Å². The Balaban J connectivity index is 2.45. The van der Waals surface area contributed by atoms with Gasteiger partial charge in [-0.1, -0.05) is 18.9 Å². The summed E-state index contributed by atoms with van der Waals surface area (Å²) in [6, 6.07) is 6.48. The Morgan fingerprint density at radius 3 is 2.94 bits per heavy atom. The van der Waals surface area contributed by atoms with E-state index in [4.69, 9.17) is 6.42 Å². The molecule has 1 atom stereocenters. The van der Waals surface area contributed by atoms with Crippen molar-refractivity contribution in [3.05, 3.63) is 30.1 Å². The van der Waals surface area contributed by atoms with Crippen LogP contribution >= 0.6 is 0 Å². The Kier molecular flexibility index (Phi) is 6.31. The van der Waals surface area contributed by atoms with Crippen molar-refractivity contribution in [1.82, 2.24) is 15.2 Å². The lowest BCUT2D eigenvalue weighted by Crippen LogP contribution is -2.40. The van der Waals surface area contributed by atoms with Gasteiger partial charge in [-0.25, -0.2) is 0 Å². The van der Waals surface area contributed by atoms with Crippen LogP contribution in [0.5, 0.6) is 0 Å². The van der Waals surface area contributed by atoms with Gasteiger partial charge >= 0.3 is 0 Å². The first-order valence-electron chi connectivity index (χ1n) is 6.06. The fraction of sp³-hybridized carbons (Fsp3) is 0.500. The van der Waals surface area contributed by atoms with Gasteiger partial charge in [0.15, 0.2) is 0 Å². The van der Waals surface area contributed by atoms with E-state index < -0.39 is 0 Å². The molecule has 0 aliphatic rings. The SMILES string of the molecule is C#CCNCC(C)N(CC)Cc1ccccn1. The van der Waals surface area contributed by atoms with E-state index in [1.165, 1.54) is 0 Å². The maximum atomic E-state index is 5.21. The molecule has 0 spiro atoms. The van der Waals surface area contributed by atoms with Crippen LogP contribution in [-0.4, -0.2) is 35.6 Å². The largest absolute Gasteiger partial charge is 0.305 e. The minimum absolute atomic E-state index is 0.454. The van der Waals surface area contributed by atoms with E-state index in [0.29, 0.717) is 12.6 Å². The van der Waals surface area contributed by atoms with Gasteiger partial charge in [0.05, 0.1) is 12.2 Å². The van der Waals surface area contributed by atoms with Crippen molar-refractivity contribution in [3.8, 4) is 12.3 Å². The van der Waals surface area contributed by atoms with E-state index in [9.17, 15) is 0 Å². The number of nitrogens with zero attached hydrogens (tertiary/aromatic N) is 2. The summed E-state index contributed by atoms with van der Waals surface area (Å²) in [5.41, 5.74) is 1.11. The van der Waals surface area contributed by atoms with Crippen molar-refractivity contribution in [3.63, 3.8) is 0 Å². The summed E-state index contributed by atoms with van der Waals surface area (Å²) in [5.74, 6) is 2.59. The molecule has 1 unspecified atom stereocenters. The molecule has 0 aromatic carbocycles. The van der Waals surface area contributed by atoms with Gasteiger partial charge in [-0.05, 0) is 25.6 Å². The topological polar surface area (TPSA) is 28.2 Å². The van der Waals surface area contributed by atoms with Crippen molar-refractivity contribution < 1.29 is 0 Å². The Labute approximate surface area is 104 Å². The standard InChI is InChI=1S/C14H21N3/c1-4-9-15-11-13(3)17(5-2)12-14-8-6-7-10-16-14/h1,6-8,10,13,15H,5,9,11-12H2,2-3H3. The third-order valence-electron chi connectivity index (χ3n) is 2.79. The molecular formula is C14H21N3. The van der Waals surface area contributed by atoms with Crippen LogP contribution < -0.4 is 5.32 Å². The van der Waals surface area contributed by atoms with Gasteiger partial charge in [0.2, 0.25) is 0 Å². The average Bonchev–Trinajstić information content (AvgIpc) is 2.37. The Morgan fingerprint density at radius 2 is 2.35 bits per heavy atom. The number of hydrogen-bond acceptors (Lipinski definition) is 3. The molecule has 0 aliphatic carbocycles. The molecule has 3 heteroatoms. The van der Waals surface area contributed by atoms with E-state index >= 15 is 0 Å². The van der Waals surface area contributed by atoms with Crippen LogP contribution in [-0.2, 0) is 6.54 Å². The first kappa shape index (κ1) is 13.7. The Morgan fingerprint density at radius 1 is 1.53 bits per heavy atom. The molecule has 0 saturated heterocycles. The molecular weight excluding hydrogens is 210 g/mol. The highest BCUT2D eigenvalue weighted by atomic mass is 15.2. The predicted octanol–water partition coefficient (Wildman–Crippen LogP) is 1.51. The summed E-state index contributed by atoms with van der Waals surface area (Å²) in [7, 11) is 0. The maximum Gasteiger partial charge on any atom is 0.0574 e. The normalized spacial score (nSPS) is 12.4. The van der Waals surface area contributed by atoms with E-state index in [1.54, 1.807) is 0 Å². The molecule has 1 aromatic heterocycles. The number of aromatic nitrogens is 1. The zero-order valence-corrected chi connectivity index (χ0v) is 10.7.